The van der Waals surface area contributed by atoms with Crippen molar-refractivity contribution in [1.82, 2.24) is 4.90 Å². The van der Waals surface area contributed by atoms with Crippen molar-refractivity contribution in [2.75, 3.05) is 33.1 Å². The summed E-state index contributed by atoms with van der Waals surface area (Å²) in [4.78, 5) is 14.2. The fraction of sp³-hybridized carbons (Fsp3) is 0.533. The van der Waals surface area contributed by atoms with Crippen molar-refractivity contribution in [1.29, 1.82) is 0 Å². The summed E-state index contributed by atoms with van der Waals surface area (Å²) in [5.74, 6) is -0.374. The molecule has 2 rings (SSSR count). The van der Waals surface area contributed by atoms with Crippen LogP contribution in [0.15, 0.2) is 18.2 Å². The van der Waals surface area contributed by atoms with E-state index in [4.69, 9.17) is 15.2 Å². The van der Waals surface area contributed by atoms with Gasteiger partial charge in [0.05, 0.1) is 19.3 Å². The number of ether oxygens (including phenoxy) is 2. The molecule has 0 radical (unpaired) electrons. The number of carbonyl (C=O) groups excluding carboxylic acids is 1. The van der Waals surface area contributed by atoms with E-state index in [2.05, 4.69) is 4.90 Å². The van der Waals surface area contributed by atoms with E-state index in [1.54, 1.807) is 13.2 Å². The lowest BCUT2D eigenvalue weighted by atomic mass is 10.0. The minimum absolute atomic E-state index is 0.374. The summed E-state index contributed by atoms with van der Waals surface area (Å²) in [6, 6.07) is 6.13. The summed E-state index contributed by atoms with van der Waals surface area (Å²) in [5.41, 5.74) is 7.79. The predicted molar refractivity (Wildman–Crippen MR) is 77.5 cm³/mol. The summed E-state index contributed by atoms with van der Waals surface area (Å²) < 4.78 is 9.99. The van der Waals surface area contributed by atoms with Crippen molar-refractivity contribution in [2.24, 2.45) is 0 Å². The van der Waals surface area contributed by atoms with Crippen molar-refractivity contribution >= 4 is 11.7 Å². The quantitative estimate of drug-likeness (QED) is 0.607. The number of rotatable bonds is 7. The van der Waals surface area contributed by atoms with Crippen molar-refractivity contribution in [3.63, 3.8) is 0 Å². The Morgan fingerprint density at radius 3 is 2.75 bits per heavy atom. The van der Waals surface area contributed by atoms with Crippen LogP contribution in [0.1, 0.15) is 28.8 Å². The maximum Gasteiger partial charge on any atom is 0.340 e. The van der Waals surface area contributed by atoms with E-state index in [1.165, 1.54) is 20.0 Å². The average Bonchev–Trinajstić information content (AvgIpc) is 3.27. The molecular weight excluding hydrogens is 256 g/mol. The van der Waals surface area contributed by atoms with E-state index >= 15 is 0 Å². The summed E-state index contributed by atoms with van der Waals surface area (Å²) in [5, 5.41) is 0. The van der Waals surface area contributed by atoms with Gasteiger partial charge in [-0.2, -0.15) is 0 Å². The van der Waals surface area contributed by atoms with Gasteiger partial charge < -0.3 is 15.2 Å². The van der Waals surface area contributed by atoms with Crippen molar-refractivity contribution in [3.05, 3.63) is 29.3 Å². The maximum absolute atomic E-state index is 11.9. The second-order valence-electron chi connectivity index (χ2n) is 5.07. The molecule has 20 heavy (non-hydrogen) atoms. The Morgan fingerprint density at radius 2 is 2.15 bits per heavy atom. The molecule has 0 atom stereocenters. The Kier molecular flexibility index (Phi) is 4.98. The molecule has 2 N–H and O–H groups in total. The Hall–Kier alpha value is -1.59. The van der Waals surface area contributed by atoms with Gasteiger partial charge in [-0.3, -0.25) is 4.90 Å². The Morgan fingerprint density at radius 1 is 1.40 bits per heavy atom. The van der Waals surface area contributed by atoms with Gasteiger partial charge in [0.1, 0.15) is 0 Å². The van der Waals surface area contributed by atoms with Gasteiger partial charge >= 0.3 is 5.97 Å². The number of esters is 1. The highest BCUT2D eigenvalue weighted by molar-refractivity contribution is 5.96. The lowest BCUT2D eigenvalue weighted by Crippen LogP contribution is -2.30. The van der Waals surface area contributed by atoms with E-state index in [1.807, 2.05) is 12.1 Å². The van der Waals surface area contributed by atoms with Crippen LogP contribution in [0.2, 0.25) is 0 Å². The molecule has 0 aromatic heterocycles. The second kappa shape index (κ2) is 6.72. The van der Waals surface area contributed by atoms with E-state index in [9.17, 15) is 4.79 Å². The van der Waals surface area contributed by atoms with E-state index in [0.717, 1.165) is 12.1 Å². The number of benzene rings is 1. The van der Waals surface area contributed by atoms with Crippen LogP contribution >= 0.6 is 0 Å². The Bertz CT molecular complexity index is 472. The molecule has 0 spiro atoms. The molecule has 0 saturated heterocycles. The highest BCUT2D eigenvalue weighted by Crippen LogP contribution is 2.29. The number of nitrogen functional groups attached to an aromatic ring is 1. The fourth-order valence-electron chi connectivity index (χ4n) is 2.36. The van der Waals surface area contributed by atoms with E-state index < -0.39 is 0 Å². The summed E-state index contributed by atoms with van der Waals surface area (Å²) in [6.07, 6.45) is 2.42. The Balaban J connectivity index is 2.18. The summed E-state index contributed by atoms with van der Waals surface area (Å²) >= 11 is 0. The average molecular weight is 278 g/mol. The summed E-state index contributed by atoms with van der Waals surface area (Å²) in [6.45, 7) is 2.24. The van der Waals surface area contributed by atoms with Crippen LogP contribution in [0.5, 0.6) is 0 Å². The normalized spacial score (nSPS) is 14.6. The third-order valence-corrected chi connectivity index (χ3v) is 3.59. The number of nitrogens with two attached hydrogens (primary N) is 1. The van der Waals surface area contributed by atoms with Gasteiger partial charge in [0.2, 0.25) is 0 Å². The van der Waals surface area contributed by atoms with E-state index in [-0.39, 0.29) is 5.97 Å². The van der Waals surface area contributed by atoms with Crippen LogP contribution < -0.4 is 5.73 Å². The molecule has 0 aliphatic heterocycles. The van der Waals surface area contributed by atoms with Crippen LogP contribution in [-0.2, 0) is 16.0 Å². The molecule has 5 heteroatoms. The van der Waals surface area contributed by atoms with Gasteiger partial charge in [0.25, 0.3) is 0 Å². The zero-order valence-electron chi connectivity index (χ0n) is 12.1. The summed E-state index contributed by atoms with van der Waals surface area (Å²) in [7, 11) is 3.08. The minimum Gasteiger partial charge on any atom is -0.465 e. The molecular formula is C15H22N2O3. The van der Waals surface area contributed by atoms with Gasteiger partial charge in [-0.15, -0.1) is 0 Å². The first-order valence-electron chi connectivity index (χ1n) is 6.86. The first-order chi connectivity index (χ1) is 9.67. The molecule has 1 fully saturated rings. The Labute approximate surface area is 119 Å². The van der Waals surface area contributed by atoms with Crippen molar-refractivity contribution < 1.29 is 14.3 Å². The van der Waals surface area contributed by atoms with Crippen molar-refractivity contribution in [3.8, 4) is 0 Å². The molecule has 1 aliphatic carbocycles. The molecule has 110 valence electrons. The van der Waals surface area contributed by atoms with Gasteiger partial charge in [-0.1, -0.05) is 12.1 Å². The van der Waals surface area contributed by atoms with E-state index in [0.29, 0.717) is 30.4 Å². The molecule has 5 nitrogen and oxygen atoms in total. The fourth-order valence-corrected chi connectivity index (χ4v) is 2.36. The zero-order valence-corrected chi connectivity index (χ0v) is 12.1. The third kappa shape index (κ3) is 3.49. The number of hydrogen-bond acceptors (Lipinski definition) is 5. The SMILES string of the molecule is COCCN(Cc1cccc(N)c1C(=O)OC)C1CC1. The second-order valence-corrected chi connectivity index (χ2v) is 5.07. The molecule has 1 saturated carbocycles. The standard InChI is InChI=1S/C15H22N2O3/c1-19-9-8-17(12-6-7-12)10-11-4-3-5-13(16)14(11)15(18)20-2/h3-5,12H,6-10,16H2,1-2H3. The van der Waals surface area contributed by atoms with Gasteiger partial charge in [0, 0.05) is 31.9 Å². The monoisotopic (exact) mass is 278 g/mol. The highest BCUT2D eigenvalue weighted by atomic mass is 16.5. The van der Waals surface area contributed by atoms with Crippen molar-refractivity contribution in [2.45, 2.75) is 25.4 Å². The lowest BCUT2D eigenvalue weighted by Gasteiger charge is -2.23. The van der Waals surface area contributed by atoms with Crippen LogP contribution in [0, 0.1) is 0 Å². The van der Waals surface area contributed by atoms with Crippen LogP contribution in [0.25, 0.3) is 0 Å². The molecule has 0 unspecified atom stereocenters. The van der Waals surface area contributed by atoms with Gasteiger partial charge in [-0.05, 0) is 24.5 Å². The van der Waals surface area contributed by atoms with Gasteiger partial charge in [0.15, 0.2) is 0 Å². The predicted octanol–water partition coefficient (Wildman–Crippen LogP) is 1.67. The topological polar surface area (TPSA) is 64.8 Å². The molecule has 0 heterocycles. The number of methoxy groups -OCH3 is 2. The zero-order chi connectivity index (χ0) is 14.5. The molecule has 1 aliphatic rings. The molecule has 1 aromatic rings. The highest BCUT2D eigenvalue weighted by Gasteiger charge is 2.29. The van der Waals surface area contributed by atoms with Gasteiger partial charge in [-0.25, -0.2) is 4.79 Å². The number of anilines is 1. The molecule has 1 aromatic carbocycles. The van der Waals surface area contributed by atoms with Crippen LogP contribution in [0.3, 0.4) is 0 Å². The largest absolute Gasteiger partial charge is 0.465 e. The van der Waals surface area contributed by atoms with Crippen LogP contribution in [0.4, 0.5) is 5.69 Å². The third-order valence-electron chi connectivity index (χ3n) is 3.59. The number of nitrogens with zero attached hydrogens (tertiary/aromatic N) is 1. The molecule has 0 amide bonds. The minimum atomic E-state index is -0.374. The first kappa shape index (κ1) is 14.8. The maximum atomic E-state index is 11.9. The van der Waals surface area contributed by atoms with Crippen LogP contribution in [-0.4, -0.2) is 44.3 Å². The smallest absolute Gasteiger partial charge is 0.340 e. The molecule has 0 bridgehead atoms. The number of carbonyl (C=O) groups is 1. The first-order valence-corrected chi connectivity index (χ1v) is 6.86. The number of hydrogen-bond donors (Lipinski definition) is 1. The lowest BCUT2D eigenvalue weighted by molar-refractivity contribution is 0.0599.